The molecule has 19 rings (SSSR count). The van der Waals surface area contributed by atoms with Crippen LogP contribution in [0.4, 0.5) is 46.5 Å². The van der Waals surface area contributed by atoms with Gasteiger partial charge in [0.2, 0.25) is 0 Å². The van der Waals surface area contributed by atoms with Crippen LogP contribution in [0.15, 0.2) is 176 Å². The van der Waals surface area contributed by atoms with Crippen molar-refractivity contribution in [2.24, 2.45) is 0 Å². The highest BCUT2D eigenvalue weighted by Gasteiger charge is 2.18. The predicted molar refractivity (Wildman–Crippen MR) is 410 cm³/mol. The van der Waals surface area contributed by atoms with Crippen molar-refractivity contribution in [1.82, 2.24) is 126 Å². The number of nitrogens with one attached hydrogen (secondary N) is 16. The first-order valence-electron chi connectivity index (χ1n) is 33.2. The average molecular weight is 1440 g/mol. The minimum absolute atomic E-state index is 0.158. The number of hydrogen-bond acceptors (Lipinski definition) is 23. The number of benzene rings is 5. The number of methoxy groups -OCH3 is 1. The fourth-order valence-corrected chi connectivity index (χ4v) is 12.5. The Kier molecular flexibility index (Phi) is 17.8. The van der Waals surface area contributed by atoms with Gasteiger partial charge in [0.05, 0.1) is 83.4 Å². The second kappa shape index (κ2) is 28.5. The standard InChI is InChI=1S/C20H17N7O2.C18H14N8O.C17H13N7OS.C17H17N7O/c1-29-10-12-9-17(23-19-13-4-2-3-5-15(13)24-26-19)22-18(21-12)11-6-7-16-14(8-11)20(28)27-25-16;1-9-6-15(25-23-9)21-17-11-4-5-19-8-14(11)20-16(22-17)10-2-3-13-12(7-10)18(27)26-24-13;1-8-6-13(23-21-8)19-16-14-12(4-5-26-14)18-15(20-16)9-2-3-11-10(7-9)17(25)24-22-11;1-3-11-8-14(19-15-6-9(2)21-23-15)20-16(18-11)10-4-5-13-12(7-10)17(25)24-22-13/h2-9H,10H2,1H3,(H2,25,27,28)(H2,21,22,23,24,26);2-8H,1H3,(H2,24,26,27)(H2,20,21,22,23,25);2-7H,1H3,(H2,22,24,25)(H2,18,19,20,21,23);4-8H,3H2,1-2H3,(H2,22,24,25)(H2,18,19,20,21,23). The van der Waals surface area contributed by atoms with E-state index in [4.69, 9.17) is 4.74 Å². The third-order valence-electron chi connectivity index (χ3n) is 16.9. The van der Waals surface area contributed by atoms with E-state index in [-0.39, 0.29) is 22.2 Å². The van der Waals surface area contributed by atoms with E-state index in [9.17, 15) is 19.2 Å². The number of rotatable bonds is 15. The van der Waals surface area contributed by atoms with E-state index in [2.05, 4.69) is 148 Å². The molecule has 34 nitrogen and oxygen atoms in total. The van der Waals surface area contributed by atoms with Crippen LogP contribution in [0.5, 0.6) is 0 Å². The molecule has 14 aromatic heterocycles. The Bertz CT molecular complexity index is 6750. The fraction of sp³-hybridized carbons (Fsp3) is 0.0972. The summed E-state index contributed by atoms with van der Waals surface area (Å²) >= 11 is 1.56. The fourth-order valence-electron chi connectivity index (χ4n) is 11.8. The number of nitrogens with zero attached hydrogens (tertiary/aromatic N) is 13. The summed E-state index contributed by atoms with van der Waals surface area (Å²) in [6.07, 6.45) is 4.15. The molecular formula is C72H61N29O5S. The summed E-state index contributed by atoms with van der Waals surface area (Å²) in [5, 5.41) is 69.2. The van der Waals surface area contributed by atoms with Gasteiger partial charge in [-0.2, -0.15) is 20.4 Å². The number of aromatic nitrogens is 25. The van der Waals surface area contributed by atoms with Crippen LogP contribution in [0.2, 0.25) is 0 Å². The van der Waals surface area contributed by atoms with Gasteiger partial charge in [-0.1, -0.05) is 19.1 Å². The van der Waals surface area contributed by atoms with Crippen LogP contribution in [-0.4, -0.2) is 134 Å². The van der Waals surface area contributed by atoms with Gasteiger partial charge in [0.1, 0.15) is 17.5 Å². The minimum atomic E-state index is -0.184. The quantitative estimate of drug-likeness (QED) is 0.0453. The lowest BCUT2D eigenvalue weighted by molar-refractivity contribution is 0.181. The maximum absolute atomic E-state index is 12.0. The molecule has 0 fully saturated rings. The van der Waals surface area contributed by atoms with Gasteiger partial charge in [-0.05, 0) is 130 Å². The van der Waals surface area contributed by atoms with Crippen LogP contribution in [0.1, 0.15) is 35.4 Å². The Morgan fingerprint density at radius 2 is 0.841 bits per heavy atom. The molecule has 0 radical (unpaired) electrons. The largest absolute Gasteiger partial charge is 0.378 e. The van der Waals surface area contributed by atoms with Crippen LogP contribution in [0.25, 0.3) is 121 Å². The molecule has 14 heterocycles. The average Bonchev–Trinajstić information content (AvgIpc) is 1.74. The van der Waals surface area contributed by atoms with E-state index in [1.54, 1.807) is 55.1 Å². The number of fused-ring (bicyclic) bond motifs is 7. The van der Waals surface area contributed by atoms with Crippen molar-refractivity contribution < 1.29 is 4.74 Å². The Hall–Kier alpha value is -14.9. The van der Waals surface area contributed by atoms with Gasteiger partial charge in [-0.15, -0.1) is 11.3 Å². The first kappa shape index (κ1) is 66.7. The molecular weight excluding hydrogens is 1380 g/mol. The van der Waals surface area contributed by atoms with Crippen LogP contribution < -0.4 is 43.5 Å². The van der Waals surface area contributed by atoms with Crippen LogP contribution in [0.3, 0.4) is 0 Å². The van der Waals surface area contributed by atoms with Gasteiger partial charge in [-0.25, -0.2) is 39.9 Å². The van der Waals surface area contributed by atoms with E-state index in [0.717, 1.165) is 100 Å². The highest BCUT2D eigenvalue weighted by atomic mass is 32.1. The lowest BCUT2D eigenvalue weighted by atomic mass is 10.1. The Morgan fingerprint density at radius 3 is 1.36 bits per heavy atom. The molecule has 19 aromatic rings. The smallest absolute Gasteiger partial charge is 0.271 e. The van der Waals surface area contributed by atoms with Crippen LogP contribution >= 0.6 is 11.3 Å². The summed E-state index contributed by atoms with van der Waals surface area (Å²) in [5.74, 6) is 7.38. The van der Waals surface area contributed by atoms with E-state index < -0.39 is 0 Å². The van der Waals surface area contributed by atoms with Gasteiger partial charge in [-0.3, -0.25) is 85.3 Å². The van der Waals surface area contributed by atoms with Gasteiger partial charge in [0.15, 0.2) is 52.4 Å². The molecule has 0 saturated carbocycles. The molecule has 107 heavy (non-hydrogen) atoms. The number of hydrogen-bond donors (Lipinski definition) is 16. The molecule has 0 amide bonds. The topological polar surface area (TPSA) is 483 Å². The number of aryl methyl sites for hydroxylation is 4. The summed E-state index contributed by atoms with van der Waals surface area (Å²) in [5.41, 5.74) is 12.3. The zero-order valence-corrected chi connectivity index (χ0v) is 58.0. The predicted octanol–water partition coefficient (Wildman–Crippen LogP) is 11.7. The van der Waals surface area contributed by atoms with E-state index >= 15 is 0 Å². The minimum Gasteiger partial charge on any atom is -0.378 e. The van der Waals surface area contributed by atoms with Crippen LogP contribution in [-0.2, 0) is 17.8 Å². The van der Waals surface area contributed by atoms with Crippen LogP contribution in [0, 0.1) is 20.8 Å². The molecule has 5 aromatic carbocycles. The Labute approximate surface area is 603 Å². The summed E-state index contributed by atoms with van der Waals surface area (Å²) in [6, 6.07) is 43.0. The lowest BCUT2D eigenvalue weighted by Gasteiger charge is -2.09. The Morgan fingerprint density at radius 1 is 0.383 bits per heavy atom. The number of H-pyrrole nitrogens is 12. The number of thiophene rings is 1. The molecule has 530 valence electrons. The summed E-state index contributed by atoms with van der Waals surface area (Å²) in [7, 11) is 1.61. The Balaban J connectivity index is 0.000000109. The van der Waals surface area contributed by atoms with Crippen molar-refractivity contribution in [3.63, 3.8) is 0 Å². The molecule has 0 bridgehead atoms. The third kappa shape index (κ3) is 14.2. The van der Waals surface area contributed by atoms with Gasteiger partial charge in [0.25, 0.3) is 22.2 Å². The van der Waals surface area contributed by atoms with Crippen molar-refractivity contribution in [2.45, 2.75) is 40.7 Å². The molecule has 16 N–H and O–H groups in total. The molecule has 0 aliphatic carbocycles. The van der Waals surface area contributed by atoms with Crippen molar-refractivity contribution in [1.29, 1.82) is 0 Å². The van der Waals surface area contributed by atoms with Crippen molar-refractivity contribution in [2.75, 3.05) is 28.4 Å². The lowest BCUT2D eigenvalue weighted by Crippen LogP contribution is -2.03. The number of anilines is 8. The van der Waals surface area contributed by atoms with E-state index in [1.165, 1.54) is 0 Å². The maximum Gasteiger partial charge on any atom is 0.271 e. The summed E-state index contributed by atoms with van der Waals surface area (Å²) in [6.45, 7) is 8.17. The molecule has 0 aliphatic heterocycles. The highest BCUT2D eigenvalue weighted by molar-refractivity contribution is 7.17. The van der Waals surface area contributed by atoms with Gasteiger partial charge in [0, 0.05) is 99.4 Å². The molecule has 0 aliphatic rings. The number of ether oxygens (including phenoxy) is 1. The zero-order valence-electron chi connectivity index (χ0n) is 57.2. The second-order valence-corrected chi connectivity index (χ2v) is 25.4. The first-order valence-corrected chi connectivity index (χ1v) is 34.1. The SMILES string of the molecule is CCc1cc(Nc2cc(C)[nH]n2)nc(-c2ccc3[nH][nH]c(=O)c3c2)n1.COCc1cc(Nc2n[nH]c3ccccc23)nc(-c2ccc3[nH][nH]c(=O)c3c2)n1.Cc1cc(Nc2nc(-c3ccc4[nH][nH]c(=O)c4c3)nc3ccsc23)n[nH]1.Cc1cc(Nc2nc(-c3ccc4[nH][nH]c(=O)c4c3)nc3cnccc23)n[nH]1. The molecule has 0 atom stereocenters. The number of para-hydroxylation sites is 1. The van der Waals surface area contributed by atoms with E-state index in [0.29, 0.717) is 109 Å². The van der Waals surface area contributed by atoms with E-state index in [1.807, 2.05) is 148 Å². The molecule has 0 unspecified atom stereocenters. The zero-order chi connectivity index (χ0) is 73.2. The normalized spacial score (nSPS) is 11.3. The summed E-state index contributed by atoms with van der Waals surface area (Å²) < 4.78 is 6.21. The monoisotopic (exact) mass is 1440 g/mol. The van der Waals surface area contributed by atoms with Gasteiger partial charge >= 0.3 is 0 Å². The summed E-state index contributed by atoms with van der Waals surface area (Å²) in [4.78, 5) is 88.8. The van der Waals surface area contributed by atoms with Crippen molar-refractivity contribution in [3.8, 4) is 45.6 Å². The first-order chi connectivity index (χ1) is 52.2. The third-order valence-corrected chi connectivity index (χ3v) is 17.8. The maximum atomic E-state index is 12.0. The van der Waals surface area contributed by atoms with Crippen molar-refractivity contribution >= 4 is 134 Å². The number of aromatic amines is 12. The molecule has 0 saturated heterocycles. The van der Waals surface area contributed by atoms with Gasteiger partial charge < -0.3 is 26.0 Å². The molecule has 35 heteroatoms. The number of pyridine rings is 1. The van der Waals surface area contributed by atoms with Crippen molar-refractivity contribution in [3.05, 3.63) is 227 Å². The second-order valence-electron chi connectivity index (χ2n) is 24.5. The molecule has 0 spiro atoms. The highest BCUT2D eigenvalue weighted by Crippen LogP contribution is 2.34.